The molecule has 1 radical (unpaired) electrons. The average Bonchev–Trinajstić information content (AvgIpc) is 2.21. The van der Waals surface area contributed by atoms with Crippen molar-refractivity contribution in [3.63, 3.8) is 0 Å². The summed E-state index contributed by atoms with van der Waals surface area (Å²) in [5.74, 6) is 0. The topological polar surface area (TPSA) is 35.8 Å². The van der Waals surface area contributed by atoms with E-state index in [-0.39, 0.29) is 6.04 Å². The monoisotopic (exact) mass is 187 g/mol. The first-order chi connectivity index (χ1) is 6.77. The molecule has 2 nitrogen and oxygen atoms in total. The van der Waals surface area contributed by atoms with Crippen molar-refractivity contribution in [3.05, 3.63) is 29.8 Å². The Morgan fingerprint density at radius 2 is 2.43 bits per heavy atom. The number of anilines is 1. The lowest BCUT2D eigenvalue weighted by molar-refractivity contribution is 0.911. The summed E-state index contributed by atoms with van der Waals surface area (Å²) in [5.41, 5.74) is 2.19. The SMILES string of the molecule is CCCc1[c]cccc1NC(C)C#N. The molecule has 0 aliphatic carbocycles. The Hall–Kier alpha value is -1.49. The van der Waals surface area contributed by atoms with Crippen molar-refractivity contribution < 1.29 is 0 Å². The summed E-state index contributed by atoms with van der Waals surface area (Å²) in [6.07, 6.45) is 2.09. The third-order valence-electron chi connectivity index (χ3n) is 2.01. The Labute approximate surface area is 85.6 Å². The molecule has 0 heterocycles. The number of hydrogen-bond donors (Lipinski definition) is 1. The van der Waals surface area contributed by atoms with Crippen LogP contribution in [0.1, 0.15) is 25.8 Å². The van der Waals surface area contributed by atoms with E-state index in [9.17, 15) is 0 Å². The van der Waals surface area contributed by atoms with Crippen LogP contribution < -0.4 is 5.32 Å². The van der Waals surface area contributed by atoms with Crippen molar-refractivity contribution in [2.45, 2.75) is 32.7 Å². The largest absolute Gasteiger partial charge is 0.370 e. The number of aryl methyl sites for hydroxylation is 1. The van der Waals surface area contributed by atoms with Gasteiger partial charge in [0.2, 0.25) is 0 Å². The Kier molecular flexibility index (Phi) is 4.00. The van der Waals surface area contributed by atoms with E-state index in [0.717, 1.165) is 24.1 Å². The fourth-order valence-electron chi connectivity index (χ4n) is 1.33. The molecule has 14 heavy (non-hydrogen) atoms. The van der Waals surface area contributed by atoms with Gasteiger partial charge in [0.1, 0.15) is 6.04 Å². The van der Waals surface area contributed by atoms with E-state index in [2.05, 4.69) is 24.4 Å². The molecule has 1 atom stereocenters. The smallest absolute Gasteiger partial charge is 0.111 e. The van der Waals surface area contributed by atoms with Gasteiger partial charge in [0.15, 0.2) is 0 Å². The molecule has 0 aliphatic heterocycles. The molecule has 2 heteroatoms. The average molecular weight is 187 g/mol. The molecule has 0 saturated carbocycles. The summed E-state index contributed by atoms with van der Waals surface area (Å²) < 4.78 is 0. The highest BCUT2D eigenvalue weighted by molar-refractivity contribution is 5.52. The molecule has 0 aromatic heterocycles. The fraction of sp³-hybridized carbons (Fsp3) is 0.417. The van der Waals surface area contributed by atoms with Crippen LogP contribution in [0, 0.1) is 17.4 Å². The van der Waals surface area contributed by atoms with Crippen LogP contribution >= 0.6 is 0 Å². The highest BCUT2D eigenvalue weighted by atomic mass is 14.9. The van der Waals surface area contributed by atoms with Crippen LogP contribution in [0.3, 0.4) is 0 Å². The molecule has 1 aromatic rings. The third kappa shape index (κ3) is 2.77. The van der Waals surface area contributed by atoms with Gasteiger partial charge in [-0.2, -0.15) is 5.26 Å². The minimum absolute atomic E-state index is 0.151. The van der Waals surface area contributed by atoms with Crippen molar-refractivity contribution in [2.75, 3.05) is 5.32 Å². The number of nitriles is 1. The number of hydrogen-bond acceptors (Lipinski definition) is 2. The Morgan fingerprint density at radius 1 is 1.64 bits per heavy atom. The molecule has 0 fully saturated rings. The van der Waals surface area contributed by atoms with Gasteiger partial charge in [0.25, 0.3) is 0 Å². The lowest BCUT2D eigenvalue weighted by Gasteiger charge is -2.12. The zero-order valence-corrected chi connectivity index (χ0v) is 8.67. The van der Waals surface area contributed by atoms with E-state index in [1.165, 1.54) is 0 Å². The van der Waals surface area contributed by atoms with E-state index >= 15 is 0 Å². The lowest BCUT2D eigenvalue weighted by Crippen LogP contribution is -2.13. The van der Waals surface area contributed by atoms with Crippen LogP contribution in [0.15, 0.2) is 18.2 Å². The van der Waals surface area contributed by atoms with Gasteiger partial charge in [0, 0.05) is 5.69 Å². The second kappa shape index (κ2) is 5.29. The zero-order valence-electron chi connectivity index (χ0n) is 8.67. The van der Waals surface area contributed by atoms with Gasteiger partial charge in [-0.15, -0.1) is 0 Å². The van der Waals surface area contributed by atoms with Gasteiger partial charge in [0.05, 0.1) is 6.07 Å². The Balaban J connectivity index is 2.79. The summed E-state index contributed by atoms with van der Waals surface area (Å²) in [5, 5.41) is 11.8. The quantitative estimate of drug-likeness (QED) is 0.786. The first-order valence-corrected chi connectivity index (χ1v) is 4.93. The normalized spacial score (nSPS) is 11.8. The van der Waals surface area contributed by atoms with Crippen molar-refractivity contribution in [3.8, 4) is 6.07 Å². The molecule has 73 valence electrons. The van der Waals surface area contributed by atoms with Crippen LogP contribution in [0.25, 0.3) is 0 Å². The van der Waals surface area contributed by atoms with Gasteiger partial charge in [-0.25, -0.2) is 0 Å². The summed E-state index contributed by atoms with van der Waals surface area (Å²) in [6.45, 7) is 3.99. The van der Waals surface area contributed by atoms with Crippen molar-refractivity contribution in [2.24, 2.45) is 0 Å². The highest BCUT2D eigenvalue weighted by Crippen LogP contribution is 2.16. The molecular weight excluding hydrogens is 172 g/mol. The van der Waals surface area contributed by atoms with Crippen molar-refractivity contribution in [1.82, 2.24) is 0 Å². The second-order valence-electron chi connectivity index (χ2n) is 3.31. The molecule has 0 saturated heterocycles. The maximum absolute atomic E-state index is 8.69. The van der Waals surface area contributed by atoms with E-state index in [1.807, 2.05) is 25.1 Å². The minimum Gasteiger partial charge on any atom is -0.370 e. The maximum atomic E-state index is 8.69. The molecular formula is C12H15N2. The van der Waals surface area contributed by atoms with Gasteiger partial charge in [-0.1, -0.05) is 25.5 Å². The molecule has 0 bridgehead atoms. The molecule has 0 aliphatic rings. The Bertz CT molecular complexity index is 325. The van der Waals surface area contributed by atoms with Gasteiger partial charge < -0.3 is 5.32 Å². The number of benzene rings is 1. The van der Waals surface area contributed by atoms with Gasteiger partial charge in [-0.3, -0.25) is 0 Å². The van der Waals surface area contributed by atoms with Crippen LogP contribution in [0.4, 0.5) is 5.69 Å². The number of nitrogens with zero attached hydrogens (tertiary/aromatic N) is 1. The van der Waals surface area contributed by atoms with E-state index in [4.69, 9.17) is 5.26 Å². The van der Waals surface area contributed by atoms with E-state index < -0.39 is 0 Å². The summed E-state index contributed by atoms with van der Waals surface area (Å²) in [4.78, 5) is 0. The Morgan fingerprint density at radius 3 is 3.07 bits per heavy atom. The van der Waals surface area contributed by atoms with Crippen molar-refractivity contribution in [1.29, 1.82) is 5.26 Å². The van der Waals surface area contributed by atoms with Gasteiger partial charge >= 0.3 is 0 Å². The number of rotatable bonds is 4. The van der Waals surface area contributed by atoms with E-state index in [1.54, 1.807) is 0 Å². The highest BCUT2D eigenvalue weighted by Gasteiger charge is 2.03. The fourth-order valence-corrected chi connectivity index (χ4v) is 1.33. The van der Waals surface area contributed by atoms with Crippen molar-refractivity contribution >= 4 is 5.69 Å². The second-order valence-corrected chi connectivity index (χ2v) is 3.31. The molecule has 1 rings (SSSR count). The first-order valence-electron chi connectivity index (χ1n) is 4.93. The van der Waals surface area contributed by atoms with Crippen LogP contribution in [-0.2, 0) is 6.42 Å². The summed E-state index contributed by atoms with van der Waals surface area (Å²) in [6, 6.07) is 11.0. The predicted molar refractivity (Wildman–Crippen MR) is 58.0 cm³/mol. The first kappa shape index (κ1) is 10.6. The lowest BCUT2D eigenvalue weighted by atomic mass is 10.1. The standard InChI is InChI=1S/C12H15N2/c1-3-6-11-7-4-5-8-12(11)14-10(2)9-13/h4-5,8,10,14H,3,6H2,1-2H3. The summed E-state index contributed by atoms with van der Waals surface area (Å²) >= 11 is 0. The predicted octanol–water partition coefficient (Wildman–Crippen LogP) is 2.76. The molecule has 1 unspecified atom stereocenters. The van der Waals surface area contributed by atoms with Crippen LogP contribution in [0.2, 0.25) is 0 Å². The molecule has 0 spiro atoms. The maximum Gasteiger partial charge on any atom is 0.111 e. The minimum atomic E-state index is -0.151. The molecule has 1 aromatic carbocycles. The van der Waals surface area contributed by atoms with Crippen LogP contribution in [-0.4, -0.2) is 6.04 Å². The third-order valence-corrected chi connectivity index (χ3v) is 2.01. The van der Waals surface area contributed by atoms with Gasteiger partial charge in [-0.05, 0) is 31.0 Å². The van der Waals surface area contributed by atoms with Crippen LogP contribution in [0.5, 0.6) is 0 Å². The van der Waals surface area contributed by atoms with E-state index in [0.29, 0.717) is 0 Å². The molecule has 0 amide bonds. The molecule has 1 N–H and O–H groups in total. The zero-order chi connectivity index (χ0) is 10.4. The summed E-state index contributed by atoms with van der Waals surface area (Å²) in [7, 11) is 0. The number of nitrogens with one attached hydrogen (secondary N) is 1.